The first-order chi connectivity index (χ1) is 20.5. The van der Waals surface area contributed by atoms with Crippen molar-refractivity contribution in [1.82, 2.24) is 0 Å². The molecule has 0 aromatic carbocycles. The van der Waals surface area contributed by atoms with E-state index in [1.165, 1.54) is 135 Å². The van der Waals surface area contributed by atoms with Crippen LogP contribution in [-0.2, 0) is 19.1 Å². The summed E-state index contributed by atoms with van der Waals surface area (Å²) in [5.41, 5.74) is 0. The maximum Gasteiger partial charge on any atom is 0.306 e. The number of hydrogen-bond acceptors (Lipinski definition) is 5. The van der Waals surface area contributed by atoms with Crippen LogP contribution in [0.3, 0.4) is 0 Å². The fourth-order valence-electron chi connectivity index (χ4n) is 5.50. The molecule has 5 heteroatoms. The molecule has 0 heterocycles. The zero-order valence-corrected chi connectivity index (χ0v) is 28.4. The van der Waals surface area contributed by atoms with Gasteiger partial charge in [0.1, 0.15) is 6.61 Å². The number of carbonyl (C=O) groups excluding carboxylic acids is 2. The average molecular weight is 597 g/mol. The molecule has 0 aliphatic carbocycles. The Bertz CT molecular complexity index is 577. The van der Waals surface area contributed by atoms with Gasteiger partial charge in [0, 0.05) is 12.8 Å². The first kappa shape index (κ1) is 40.9. The number of ether oxygens (including phenoxy) is 2. The largest absolute Gasteiger partial charge is 0.462 e. The summed E-state index contributed by atoms with van der Waals surface area (Å²) in [6.45, 7) is 6.50. The smallest absolute Gasteiger partial charge is 0.306 e. The van der Waals surface area contributed by atoms with E-state index >= 15 is 0 Å². The summed E-state index contributed by atoms with van der Waals surface area (Å²) in [6.07, 6.45) is 33.0. The van der Waals surface area contributed by atoms with Gasteiger partial charge < -0.3 is 14.6 Å². The standard InChI is InChI=1S/C37H72O5/c1-4-5-6-7-8-9-14-19-22-25-28-31-37(40)42-35(32-38)33-41-36(39)30-27-24-21-18-16-13-11-10-12-15-17-20-23-26-29-34(2)3/h34-35,38H,4-33H2,1-3H3/t35-/m0/s1. The van der Waals surface area contributed by atoms with Crippen molar-refractivity contribution in [2.24, 2.45) is 5.92 Å². The first-order valence-corrected chi connectivity index (χ1v) is 18.5. The van der Waals surface area contributed by atoms with Gasteiger partial charge >= 0.3 is 11.9 Å². The highest BCUT2D eigenvalue weighted by atomic mass is 16.6. The lowest BCUT2D eigenvalue weighted by atomic mass is 10.0. The fourth-order valence-corrected chi connectivity index (χ4v) is 5.50. The fraction of sp³-hybridized carbons (Fsp3) is 0.946. The molecule has 0 spiro atoms. The highest BCUT2D eigenvalue weighted by molar-refractivity contribution is 5.70. The molecule has 5 nitrogen and oxygen atoms in total. The van der Waals surface area contributed by atoms with Gasteiger partial charge in [-0.2, -0.15) is 0 Å². The molecule has 0 radical (unpaired) electrons. The van der Waals surface area contributed by atoms with Crippen molar-refractivity contribution >= 4 is 11.9 Å². The van der Waals surface area contributed by atoms with E-state index in [0.717, 1.165) is 38.0 Å². The van der Waals surface area contributed by atoms with Crippen molar-refractivity contribution in [2.45, 2.75) is 207 Å². The Hall–Kier alpha value is -1.10. The third-order valence-electron chi connectivity index (χ3n) is 8.33. The van der Waals surface area contributed by atoms with Gasteiger partial charge in [0.15, 0.2) is 6.10 Å². The van der Waals surface area contributed by atoms with Gasteiger partial charge in [-0.3, -0.25) is 9.59 Å². The van der Waals surface area contributed by atoms with Gasteiger partial charge in [0.05, 0.1) is 6.61 Å². The van der Waals surface area contributed by atoms with E-state index in [-0.39, 0.29) is 25.2 Å². The normalized spacial score (nSPS) is 12.1. The molecule has 1 atom stereocenters. The minimum atomic E-state index is -0.760. The van der Waals surface area contributed by atoms with Crippen LogP contribution in [0.4, 0.5) is 0 Å². The van der Waals surface area contributed by atoms with Crippen LogP contribution < -0.4 is 0 Å². The summed E-state index contributed by atoms with van der Waals surface area (Å²) in [4.78, 5) is 24.1. The summed E-state index contributed by atoms with van der Waals surface area (Å²) in [5.74, 6) is 0.272. The first-order valence-electron chi connectivity index (χ1n) is 18.5. The van der Waals surface area contributed by atoms with Crippen molar-refractivity contribution in [2.75, 3.05) is 13.2 Å². The van der Waals surface area contributed by atoms with Gasteiger partial charge in [0.25, 0.3) is 0 Å². The van der Waals surface area contributed by atoms with Crippen LogP contribution >= 0.6 is 0 Å². The molecule has 42 heavy (non-hydrogen) atoms. The minimum Gasteiger partial charge on any atom is -0.462 e. The molecule has 0 amide bonds. The third-order valence-corrected chi connectivity index (χ3v) is 8.33. The average Bonchev–Trinajstić information content (AvgIpc) is 2.97. The van der Waals surface area contributed by atoms with E-state index in [1.54, 1.807) is 0 Å². The van der Waals surface area contributed by atoms with Crippen molar-refractivity contribution in [3.05, 3.63) is 0 Å². The van der Waals surface area contributed by atoms with Crippen LogP contribution in [0.1, 0.15) is 201 Å². The van der Waals surface area contributed by atoms with Crippen LogP contribution in [0.5, 0.6) is 0 Å². The lowest BCUT2D eigenvalue weighted by Crippen LogP contribution is -2.28. The molecule has 0 aliphatic heterocycles. The molecular weight excluding hydrogens is 524 g/mol. The summed E-state index contributed by atoms with van der Waals surface area (Å²) < 4.78 is 10.6. The maximum atomic E-state index is 12.1. The number of rotatable bonds is 33. The summed E-state index contributed by atoms with van der Waals surface area (Å²) in [6, 6.07) is 0. The molecule has 0 bridgehead atoms. The van der Waals surface area contributed by atoms with Gasteiger partial charge in [-0.05, 0) is 18.8 Å². The topological polar surface area (TPSA) is 72.8 Å². The molecule has 250 valence electrons. The molecule has 0 aromatic heterocycles. The van der Waals surface area contributed by atoms with Crippen molar-refractivity contribution < 1.29 is 24.2 Å². The number of aliphatic hydroxyl groups is 1. The van der Waals surface area contributed by atoms with Gasteiger partial charge in [-0.25, -0.2) is 0 Å². The summed E-state index contributed by atoms with van der Waals surface area (Å²) >= 11 is 0. The molecular formula is C37H72O5. The minimum absolute atomic E-state index is 0.0581. The zero-order valence-electron chi connectivity index (χ0n) is 28.4. The molecule has 1 N–H and O–H groups in total. The monoisotopic (exact) mass is 597 g/mol. The predicted molar refractivity (Wildman–Crippen MR) is 178 cm³/mol. The number of unbranched alkanes of at least 4 members (excludes halogenated alkanes) is 23. The van der Waals surface area contributed by atoms with Gasteiger partial charge in [0.2, 0.25) is 0 Å². The second-order valence-electron chi connectivity index (χ2n) is 13.1. The lowest BCUT2D eigenvalue weighted by molar-refractivity contribution is -0.161. The molecule has 0 aliphatic rings. The second kappa shape index (κ2) is 32.8. The van der Waals surface area contributed by atoms with E-state index in [1.807, 2.05) is 0 Å². The number of carbonyl (C=O) groups is 2. The molecule has 0 rings (SSSR count). The molecule has 0 saturated carbocycles. The van der Waals surface area contributed by atoms with E-state index in [4.69, 9.17) is 9.47 Å². The summed E-state index contributed by atoms with van der Waals surface area (Å²) in [5, 5.41) is 9.51. The van der Waals surface area contributed by atoms with Crippen LogP contribution in [0.25, 0.3) is 0 Å². The van der Waals surface area contributed by atoms with Crippen molar-refractivity contribution in [3.8, 4) is 0 Å². The van der Waals surface area contributed by atoms with Gasteiger partial charge in [-0.15, -0.1) is 0 Å². The van der Waals surface area contributed by atoms with E-state index in [2.05, 4.69) is 20.8 Å². The Balaban J connectivity index is 3.50. The Morgan fingerprint density at radius 1 is 0.524 bits per heavy atom. The molecule has 0 saturated heterocycles. The molecule has 0 aromatic rings. The number of aliphatic hydroxyl groups excluding tert-OH is 1. The zero-order chi connectivity index (χ0) is 30.9. The van der Waals surface area contributed by atoms with E-state index in [0.29, 0.717) is 12.8 Å². The van der Waals surface area contributed by atoms with Crippen LogP contribution in [0.2, 0.25) is 0 Å². The third kappa shape index (κ3) is 31.8. The van der Waals surface area contributed by atoms with Gasteiger partial charge in [-0.1, -0.05) is 175 Å². The SMILES string of the molecule is CCCCCCCCCCCCCC(=O)O[C@@H](CO)COC(=O)CCCCCCCCCCCCCCCCC(C)C. The highest BCUT2D eigenvalue weighted by Gasteiger charge is 2.16. The predicted octanol–water partition coefficient (Wildman–Crippen LogP) is 11.0. The lowest BCUT2D eigenvalue weighted by Gasteiger charge is -2.15. The highest BCUT2D eigenvalue weighted by Crippen LogP contribution is 2.16. The molecule has 0 fully saturated rings. The second-order valence-corrected chi connectivity index (χ2v) is 13.1. The Morgan fingerprint density at radius 3 is 1.26 bits per heavy atom. The molecule has 0 unspecified atom stereocenters. The Kier molecular flexibility index (Phi) is 31.9. The Morgan fingerprint density at radius 2 is 0.881 bits per heavy atom. The van der Waals surface area contributed by atoms with Crippen molar-refractivity contribution in [1.29, 1.82) is 0 Å². The van der Waals surface area contributed by atoms with Crippen LogP contribution in [0.15, 0.2) is 0 Å². The summed E-state index contributed by atoms with van der Waals surface area (Å²) in [7, 11) is 0. The Labute approximate surface area is 261 Å². The van der Waals surface area contributed by atoms with Crippen molar-refractivity contribution in [3.63, 3.8) is 0 Å². The number of hydrogen-bond donors (Lipinski definition) is 1. The van der Waals surface area contributed by atoms with E-state index in [9.17, 15) is 14.7 Å². The maximum absolute atomic E-state index is 12.1. The van der Waals surface area contributed by atoms with Crippen LogP contribution in [0, 0.1) is 5.92 Å². The quantitative estimate of drug-likeness (QED) is 0.0602. The number of esters is 2. The van der Waals surface area contributed by atoms with Crippen LogP contribution in [-0.4, -0.2) is 36.4 Å². The van der Waals surface area contributed by atoms with E-state index < -0.39 is 6.10 Å².